The van der Waals surface area contributed by atoms with E-state index in [0.717, 1.165) is 12.8 Å². The lowest BCUT2D eigenvalue weighted by atomic mass is 9.91. The molecule has 0 heterocycles. The molecule has 0 aromatic heterocycles. The molecular formula is C13H15FO. The first-order chi connectivity index (χ1) is 7.01. The van der Waals surface area contributed by atoms with Gasteiger partial charge in [-0.05, 0) is 44.2 Å². The summed E-state index contributed by atoms with van der Waals surface area (Å²) < 4.78 is 14.3. The Labute approximate surface area is 89.3 Å². The molecular weight excluding hydrogens is 191 g/mol. The molecule has 1 aliphatic carbocycles. The number of halogens is 1. The molecule has 0 N–H and O–H groups in total. The molecule has 80 valence electrons. The van der Waals surface area contributed by atoms with E-state index in [4.69, 9.17) is 0 Å². The Morgan fingerprint density at radius 1 is 1.47 bits per heavy atom. The first-order valence-electron chi connectivity index (χ1n) is 5.32. The van der Waals surface area contributed by atoms with Crippen molar-refractivity contribution >= 4 is 5.78 Å². The molecule has 1 nitrogen and oxygen atoms in total. The van der Waals surface area contributed by atoms with Gasteiger partial charge in [0.15, 0.2) is 5.78 Å². The molecule has 0 bridgehead atoms. The van der Waals surface area contributed by atoms with Crippen LogP contribution in [0.15, 0.2) is 24.3 Å². The van der Waals surface area contributed by atoms with Crippen LogP contribution in [0.2, 0.25) is 0 Å². The molecule has 0 spiro atoms. The average molecular weight is 206 g/mol. The van der Waals surface area contributed by atoms with Crippen LogP contribution in [0, 0.1) is 5.92 Å². The van der Waals surface area contributed by atoms with Gasteiger partial charge in [-0.2, -0.15) is 0 Å². The summed E-state index contributed by atoms with van der Waals surface area (Å²) >= 11 is 0. The lowest BCUT2D eigenvalue weighted by molar-refractivity contribution is 0.101. The second-order valence-corrected chi connectivity index (χ2v) is 4.49. The summed E-state index contributed by atoms with van der Waals surface area (Å²) in [6, 6.07) is 6.94. The molecule has 0 aliphatic heterocycles. The second-order valence-electron chi connectivity index (χ2n) is 4.49. The maximum absolute atomic E-state index is 14.3. The van der Waals surface area contributed by atoms with Crippen LogP contribution in [0.4, 0.5) is 4.39 Å². The Balaban J connectivity index is 2.35. The Kier molecular flexibility index (Phi) is 2.37. The highest BCUT2D eigenvalue weighted by atomic mass is 19.1. The first-order valence-corrected chi connectivity index (χ1v) is 5.32. The zero-order chi connectivity index (χ0) is 11.1. The lowest BCUT2D eigenvalue weighted by Crippen LogP contribution is -2.18. The number of ketones is 1. The van der Waals surface area contributed by atoms with Gasteiger partial charge in [0.1, 0.15) is 5.67 Å². The topological polar surface area (TPSA) is 17.1 Å². The van der Waals surface area contributed by atoms with E-state index in [2.05, 4.69) is 0 Å². The summed E-state index contributed by atoms with van der Waals surface area (Å²) in [6.45, 7) is 3.12. The van der Waals surface area contributed by atoms with Crippen molar-refractivity contribution in [3.05, 3.63) is 35.4 Å². The summed E-state index contributed by atoms with van der Waals surface area (Å²) in [5.41, 5.74) is -0.0411. The molecule has 1 aromatic rings. The van der Waals surface area contributed by atoms with Crippen molar-refractivity contribution in [3.8, 4) is 0 Å². The third kappa shape index (κ3) is 1.94. The van der Waals surface area contributed by atoms with Crippen LogP contribution in [0.1, 0.15) is 42.6 Å². The van der Waals surface area contributed by atoms with Crippen molar-refractivity contribution in [2.45, 2.75) is 32.4 Å². The Hall–Kier alpha value is -1.18. The van der Waals surface area contributed by atoms with Gasteiger partial charge in [0.05, 0.1) is 0 Å². The van der Waals surface area contributed by atoms with Gasteiger partial charge in [0.25, 0.3) is 0 Å². The summed E-state index contributed by atoms with van der Waals surface area (Å²) in [5, 5.41) is 0. The maximum atomic E-state index is 14.3. The van der Waals surface area contributed by atoms with E-state index in [1.807, 2.05) is 0 Å². The molecule has 1 unspecified atom stereocenters. The average Bonchev–Trinajstić information content (AvgIpc) is 3.01. The predicted molar refractivity (Wildman–Crippen MR) is 57.6 cm³/mol. The number of hydrogen-bond donors (Lipinski definition) is 0. The van der Waals surface area contributed by atoms with E-state index in [0.29, 0.717) is 11.1 Å². The molecule has 0 saturated heterocycles. The molecule has 1 atom stereocenters. The Bertz CT molecular complexity index is 391. The van der Waals surface area contributed by atoms with Crippen molar-refractivity contribution in [3.63, 3.8) is 0 Å². The third-order valence-electron chi connectivity index (χ3n) is 3.18. The number of hydrogen-bond acceptors (Lipinski definition) is 1. The highest BCUT2D eigenvalue weighted by Crippen LogP contribution is 2.48. The van der Waals surface area contributed by atoms with Gasteiger partial charge in [-0.15, -0.1) is 0 Å². The first kappa shape index (κ1) is 10.3. The Morgan fingerprint density at radius 2 is 2.13 bits per heavy atom. The lowest BCUT2D eigenvalue weighted by Gasteiger charge is -2.20. The van der Waals surface area contributed by atoms with Crippen LogP contribution in [-0.2, 0) is 5.67 Å². The normalized spacial score (nSPS) is 19.7. The van der Waals surface area contributed by atoms with E-state index in [-0.39, 0.29) is 11.7 Å². The van der Waals surface area contributed by atoms with E-state index < -0.39 is 5.67 Å². The van der Waals surface area contributed by atoms with Crippen molar-refractivity contribution in [1.82, 2.24) is 0 Å². The van der Waals surface area contributed by atoms with Gasteiger partial charge in [0, 0.05) is 5.56 Å². The molecule has 1 saturated carbocycles. The monoisotopic (exact) mass is 206 g/mol. The molecule has 1 aromatic carbocycles. The molecule has 15 heavy (non-hydrogen) atoms. The summed E-state index contributed by atoms with van der Waals surface area (Å²) in [7, 11) is 0. The number of benzene rings is 1. The van der Waals surface area contributed by atoms with Crippen LogP contribution in [0.25, 0.3) is 0 Å². The SMILES string of the molecule is CC(=O)c1cccc(C(C)(F)C2CC2)c1. The Morgan fingerprint density at radius 3 is 2.67 bits per heavy atom. The molecule has 2 rings (SSSR count). The number of alkyl halides is 1. The summed E-state index contributed by atoms with van der Waals surface area (Å²) in [6.07, 6.45) is 1.91. The number of rotatable bonds is 3. The number of carbonyl (C=O) groups is 1. The fraction of sp³-hybridized carbons (Fsp3) is 0.462. The predicted octanol–water partition coefficient (Wildman–Crippen LogP) is 3.48. The summed E-state index contributed by atoms with van der Waals surface area (Å²) in [5.74, 6) is 0.128. The standard InChI is InChI=1S/C13H15FO/c1-9(15)10-4-3-5-12(8-10)13(2,14)11-6-7-11/h3-5,8,11H,6-7H2,1-2H3. The second kappa shape index (κ2) is 3.44. The molecule has 0 amide bonds. The van der Waals surface area contributed by atoms with Gasteiger partial charge in [-0.3, -0.25) is 4.79 Å². The van der Waals surface area contributed by atoms with Crippen molar-refractivity contribution < 1.29 is 9.18 Å². The van der Waals surface area contributed by atoms with E-state index in [9.17, 15) is 9.18 Å². The van der Waals surface area contributed by atoms with Crippen molar-refractivity contribution in [1.29, 1.82) is 0 Å². The smallest absolute Gasteiger partial charge is 0.159 e. The molecule has 0 radical (unpaired) electrons. The van der Waals surface area contributed by atoms with Gasteiger partial charge in [0.2, 0.25) is 0 Å². The number of carbonyl (C=O) groups excluding carboxylic acids is 1. The maximum Gasteiger partial charge on any atom is 0.159 e. The van der Waals surface area contributed by atoms with Crippen molar-refractivity contribution in [2.24, 2.45) is 5.92 Å². The van der Waals surface area contributed by atoms with Crippen LogP contribution in [0.5, 0.6) is 0 Å². The van der Waals surface area contributed by atoms with Gasteiger partial charge in [-0.25, -0.2) is 4.39 Å². The van der Waals surface area contributed by atoms with E-state index in [1.165, 1.54) is 6.92 Å². The fourth-order valence-electron chi connectivity index (χ4n) is 1.90. The van der Waals surface area contributed by atoms with E-state index >= 15 is 0 Å². The highest BCUT2D eigenvalue weighted by molar-refractivity contribution is 5.94. The minimum atomic E-state index is -1.27. The van der Waals surface area contributed by atoms with Crippen LogP contribution < -0.4 is 0 Å². The highest BCUT2D eigenvalue weighted by Gasteiger charge is 2.43. The number of Topliss-reactive ketones (excluding diaryl/α,β-unsaturated/α-hetero) is 1. The van der Waals surface area contributed by atoms with Crippen molar-refractivity contribution in [2.75, 3.05) is 0 Å². The van der Waals surface area contributed by atoms with Gasteiger partial charge >= 0.3 is 0 Å². The zero-order valence-electron chi connectivity index (χ0n) is 9.09. The molecule has 1 aliphatic rings. The largest absolute Gasteiger partial charge is 0.295 e. The minimum absolute atomic E-state index is 0.0107. The minimum Gasteiger partial charge on any atom is -0.295 e. The van der Waals surface area contributed by atoms with Gasteiger partial charge in [-0.1, -0.05) is 18.2 Å². The van der Waals surface area contributed by atoms with Gasteiger partial charge < -0.3 is 0 Å². The van der Waals surface area contributed by atoms with Crippen LogP contribution in [0.3, 0.4) is 0 Å². The molecule has 2 heteroatoms. The zero-order valence-corrected chi connectivity index (χ0v) is 9.09. The quantitative estimate of drug-likeness (QED) is 0.692. The van der Waals surface area contributed by atoms with Crippen LogP contribution in [-0.4, -0.2) is 5.78 Å². The third-order valence-corrected chi connectivity index (χ3v) is 3.18. The van der Waals surface area contributed by atoms with Crippen LogP contribution >= 0.6 is 0 Å². The fourth-order valence-corrected chi connectivity index (χ4v) is 1.90. The molecule has 1 fully saturated rings. The van der Waals surface area contributed by atoms with E-state index in [1.54, 1.807) is 31.2 Å². The summed E-state index contributed by atoms with van der Waals surface area (Å²) in [4.78, 5) is 11.2.